The Balaban J connectivity index is 2.57. The summed E-state index contributed by atoms with van der Waals surface area (Å²) in [5.74, 6) is 0.218. The van der Waals surface area contributed by atoms with Gasteiger partial charge in [-0.2, -0.15) is 0 Å². The van der Waals surface area contributed by atoms with Crippen molar-refractivity contribution in [3.63, 3.8) is 0 Å². The van der Waals surface area contributed by atoms with E-state index in [9.17, 15) is 4.79 Å². The van der Waals surface area contributed by atoms with Gasteiger partial charge in [0.2, 0.25) is 5.91 Å². The maximum atomic E-state index is 10.8. The minimum absolute atomic E-state index is 0.0486. The molecule has 1 fully saturated rings. The third kappa shape index (κ3) is 1.14. The summed E-state index contributed by atoms with van der Waals surface area (Å²) in [7, 11) is 0. The van der Waals surface area contributed by atoms with Crippen molar-refractivity contribution in [2.24, 2.45) is 5.92 Å². The van der Waals surface area contributed by atoms with Gasteiger partial charge in [0.25, 0.3) is 0 Å². The van der Waals surface area contributed by atoms with Crippen LogP contribution in [0.5, 0.6) is 0 Å². The highest BCUT2D eigenvalue weighted by Crippen LogP contribution is 2.22. The van der Waals surface area contributed by atoms with Crippen LogP contribution in [-0.4, -0.2) is 22.2 Å². The summed E-state index contributed by atoms with van der Waals surface area (Å²) >= 11 is 0. The average Bonchev–Trinajstić information content (AvgIpc) is 2.14. The number of carbonyl (C=O) groups excluding carboxylic acids is 1. The zero-order chi connectivity index (χ0) is 7.72. The van der Waals surface area contributed by atoms with E-state index in [1.807, 2.05) is 13.8 Å². The van der Waals surface area contributed by atoms with Gasteiger partial charge in [-0.15, -0.1) is 0 Å². The number of rotatable bonds is 1. The van der Waals surface area contributed by atoms with Gasteiger partial charge in [0, 0.05) is 6.42 Å². The Kier molecular flexibility index (Phi) is 1.94. The maximum Gasteiger partial charge on any atom is 0.246 e. The van der Waals surface area contributed by atoms with E-state index in [2.05, 4.69) is 0 Å². The van der Waals surface area contributed by atoms with Gasteiger partial charge in [0.15, 0.2) is 0 Å². The molecule has 0 radical (unpaired) electrons. The van der Waals surface area contributed by atoms with Gasteiger partial charge in [-0.1, -0.05) is 13.8 Å². The SMILES string of the molecule is CC(C)C1CCC(=O)N1O. The number of amides is 1. The molecule has 0 spiro atoms. The van der Waals surface area contributed by atoms with E-state index in [1.54, 1.807) is 0 Å². The quantitative estimate of drug-likeness (QED) is 0.557. The summed E-state index contributed by atoms with van der Waals surface area (Å²) in [6.45, 7) is 4.01. The Labute approximate surface area is 60.6 Å². The summed E-state index contributed by atoms with van der Waals surface area (Å²) in [6, 6.07) is 0.0486. The minimum Gasteiger partial charge on any atom is -0.286 e. The number of nitrogens with zero attached hydrogens (tertiary/aromatic N) is 1. The highest BCUT2D eigenvalue weighted by Gasteiger charge is 2.31. The molecule has 1 aliphatic heterocycles. The molecule has 1 amide bonds. The smallest absolute Gasteiger partial charge is 0.246 e. The van der Waals surface area contributed by atoms with Gasteiger partial charge in [-0.05, 0) is 12.3 Å². The standard InChI is InChI=1S/C7H13NO2/c1-5(2)6-3-4-7(9)8(6)10/h5-6,10H,3-4H2,1-2H3. The summed E-state index contributed by atoms with van der Waals surface area (Å²) in [5, 5.41) is 9.99. The maximum absolute atomic E-state index is 10.8. The number of hydrogen-bond donors (Lipinski definition) is 1. The molecule has 0 aromatic carbocycles. The van der Waals surface area contributed by atoms with Crippen LogP contribution in [0.1, 0.15) is 26.7 Å². The molecule has 58 valence electrons. The topological polar surface area (TPSA) is 40.5 Å². The molecule has 0 aromatic heterocycles. The second-order valence-corrected chi connectivity index (χ2v) is 3.09. The van der Waals surface area contributed by atoms with Crippen molar-refractivity contribution in [2.75, 3.05) is 0 Å². The number of hydroxylamine groups is 2. The lowest BCUT2D eigenvalue weighted by Crippen LogP contribution is -2.33. The van der Waals surface area contributed by atoms with Crippen LogP contribution in [0.4, 0.5) is 0 Å². The van der Waals surface area contributed by atoms with Crippen molar-refractivity contribution in [3.05, 3.63) is 0 Å². The molecule has 0 bridgehead atoms. The van der Waals surface area contributed by atoms with Gasteiger partial charge in [-0.25, -0.2) is 5.06 Å². The van der Waals surface area contributed by atoms with E-state index in [4.69, 9.17) is 5.21 Å². The summed E-state index contributed by atoms with van der Waals surface area (Å²) in [5.41, 5.74) is 0. The van der Waals surface area contributed by atoms with Crippen LogP contribution in [0.2, 0.25) is 0 Å². The molecular formula is C7H13NO2. The summed E-state index contributed by atoms with van der Waals surface area (Å²) in [6.07, 6.45) is 1.30. The van der Waals surface area contributed by atoms with Crippen molar-refractivity contribution in [2.45, 2.75) is 32.7 Å². The zero-order valence-corrected chi connectivity index (χ0v) is 6.37. The molecule has 0 saturated carbocycles. The lowest BCUT2D eigenvalue weighted by molar-refractivity contribution is -0.168. The first-order valence-corrected chi connectivity index (χ1v) is 3.64. The number of hydrogen-bond acceptors (Lipinski definition) is 2. The molecule has 3 nitrogen and oxygen atoms in total. The van der Waals surface area contributed by atoms with Crippen LogP contribution in [0, 0.1) is 5.92 Å². The Morgan fingerprint density at radius 1 is 1.70 bits per heavy atom. The first-order chi connectivity index (χ1) is 4.63. The Morgan fingerprint density at radius 2 is 2.30 bits per heavy atom. The van der Waals surface area contributed by atoms with Crippen molar-refractivity contribution >= 4 is 5.91 Å². The molecule has 1 atom stereocenters. The molecular weight excluding hydrogens is 130 g/mol. The number of carbonyl (C=O) groups is 1. The first kappa shape index (κ1) is 7.54. The van der Waals surface area contributed by atoms with Crippen molar-refractivity contribution < 1.29 is 10.0 Å². The molecule has 1 aliphatic rings. The molecule has 3 heteroatoms. The zero-order valence-electron chi connectivity index (χ0n) is 6.37. The highest BCUT2D eigenvalue weighted by molar-refractivity contribution is 5.77. The second-order valence-electron chi connectivity index (χ2n) is 3.09. The van der Waals surface area contributed by atoms with E-state index in [0.29, 0.717) is 12.3 Å². The van der Waals surface area contributed by atoms with Crippen LogP contribution < -0.4 is 0 Å². The van der Waals surface area contributed by atoms with E-state index < -0.39 is 0 Å². The van der Waals surface area contributed by atoms with Gasteiger partial charge in [0.05, 0.1) is 6.04 Å². The Morgan fingerprint density at radius 3 is 2.50 bits per heavy atom. The monoisotopic (exact) mass is 143 g/mol. The minimum atomic E-state index is -0.140. The molecule has 1 unspecified atom stereocenters. The van der Waals surface area contributed by atoms with Crippen LogP contribution >= 0.6 is 0 Å². The largest absolute Gasteiger partial charge is 0.286 e. The Hall–Kier alpha value is -0.570. The molecule has 1 rings (SSSR count). The fourth-order valence-corrected chi connectivity index (χ4v) is 1.31. The van der Waals surface area contributed by atoms with Gasteiger partial charge < -0.3 is 0 Å². The van der Waals surface area contributed by atoms with Crippen LogP contribution in [-0.2, 0) is 4.79 Å². The third-order valence-corrected chi connectivity index (χ3v) is 1.99. The van der Waals surface area contributed by atoms with E-state index in [-0.39, 0.29) is 11.9 Å². The summed E-state index contributed by atoms with van der Waals surface area (Å²) in [4.78, 5) is 10.8. The predicted octanol–water partition coefficient (Wildman–Crippen LogP) is 1.02. The molecule has 1 heterocycles. The fourth-order valence-electron chi connectivity index (χ4n) is 1.31. The van der Waals surface area contributed by atoms with Crippen LogP contribution in [0.15, 0.2) is 0 Å². The Bertz CT molecular complexity index is 145. The average molecular weight is 143 g/mol. The van der Waals surface area contributed by atoms with E-state index in [1.165, 1.54) is 0 Å². The second kappa shape index (κ2) is 2.58. The molecule has 0 aliphatic carbocycles. The van der Waals surface area contributed by atoms with Gasteiger partial charge >= 0.3 is 0 Å². The normalized spacial score (nSPS) is 26.6. The third-order valence-electron chi connectivity index (χ3n) is 1.99. The van der Waals surface area contributed by atoms with Gasteiger partial charge in [-0.3, -0.25) is 10.0 Å². The van der Waals surface area contributed by atoms with Crippen LogP contribution in [0.3, 0.4) is 0 Å². The molecule has 1 N–H and O–H groups in total. The fraction of sp³-hybridized carbons (Fsp3) is 0.857. The van der Waals surface area contributed by atoms with Crippen molar-refractivity contribution in [1.82, 2.24) is 5.06 Å². The predicted molar refractivity (Wildman–Crippen MR) is 36.5 cm³/mol. The summed E-state index contributed by atoms with van der Waals surface area (Å²) < 4.78 is 0. The van der Waals surface area contributed by atoms with Crippen LogP contribution in [0.25, 0.3) is 0 Å². The van der Waals surface area contributed by atoms with Crippen molar-refractivity contribution in [3.8, 4) is 0 Å². The van der Waals surface area contributed by atoms with Gasteiger partial charge in [0.1, 0.15) is 0 Å². The van der Waals surface area contributed by atoms with Crippen molar-refractivity contribution in [1.29, 1.82) is 0 Å². The molecule has 1 saturated heterocycles. The van der Waals surface area contributed by atoms with E-state index >= 15 is 0 Å². The lowest BCUT2D eigenvalue weighted by Gasteiger charge is -2.20. The first-order valence-electron chi connectivity index (χ1n) is 3.64. The van der Waals surface area contributed by atoms with E-state index in [0.717, 1.165) is 11.5 Å². The molecule has 10 heavy (non-hydrogen) atoms. The molecule has 0 aromatic rings. The lowest BCUT2D eigenvalue weighted by atomic mass is 10.0. The highest BCUT2D eigenvalue weighted by atomic mass is 16.5.